The van der Waals surface area contributed by atoms with Gasteiger partial charge in [0.1, 0.15) is 5.58 Å². The summed E-state index contributed by atoms with van der Waals surface area (Å²) in [6.07, 6.45) is 6.55. The molecule has 1 fully saturated rings. The highest BCUT2D eigenvalue weighted by molar-refractivity contribution is 5.92. The zero-order chi connectivity index (χ0) is 19.3. The first kappa shape index (κ1) is 18.5. The number of carbonyl (C=O) groups excluding carboxylic acids is 1. The molecule has 3 heterocycles. The van der Waals surface area contributed by atoms with E-state index in [1.807, 2.05) is 47.5 Å². The summed E-state index contributed by atoms with van der Waals surface area (Å²) in [4.78, 5) is 21.4. The number of likely N-dealkylation sites (tertiary alicyclic amines) is 1. The molecule has 6 nitrogen and oxygen atoms in total. The number of fused-ring (bicyclic) bond motifs is 1. The number of urea groups is 1. The second-order valence-electron chi connectivity index (χ2n) is 7.41. The van der Waals surface area contributed by atoms with E-state index in [-0.39, 0.29) is 6.03 Å². The Morgan fingerprint density at radius 2 is 2.18 bits per heavy atom. The van der Waals surface area contributed by atoms with Crippen molar-refractivity contribution in [2.24, 2.45) is 0 Å². The summed E-state index contributed by atoms with van der Waals surface area (Å²) >= 11 is 0. The van der Waals surface area contributed by atoms with Crippen molar-refractivity contribution in [3.63, 3.8) is 0 Å². The van der Waals surface area contributed by atoms with Gasteiger partial charge in [0.05, 0.1) is 12.0 Å². The molecule has 1 unspecified atom stereocenters. The zero-order valence-electron chi connectivity index (χ0n) is 16.2. The van der Waals surface area contributed by atoms with Crippen molar-refractivity contribution in [3.05, 3.63) is 60.6 Å². The van der Waals surface area contributed by atoms with Gasteiger partial charge in [0.25, 0.3) is 0 Å². The van der Waals surface area contributed by atoms with Gasteiger partial charge < -0.3 is 14.6 Å². The van der Waals surface area contributed by atoms with Crippen LogP contribution in [0.15, 0.2) is 59.3 Å². The molecule has 1 aliphatic heterocycles. The van der Waals surface area contributed by atoms with Crippen LogP contribution in [-0.2, 0) is 6.54 Å². The summed E-state index contributed by atoms with van der Waals surface area (Å²) in [5.74, 6) is 0. The lowest BCUT2D eigenvalue weighted by Crippen LogP contribution is -2.37. The molecule has 1 saturated heterocycles. The van der Waals surface area contributed by atoms with Crippen LogP contribution in [0.1, 0.15) is 25.0 Å². The lowest BCUT2D eigenvalue weighted by molar-refractivity contribution is 0.200. The normalized spacial score (nSPS) is 17.6. The summed E-state index contributed by atoms with van der Waals surface area (Å²) in [6.45, 7) is 2.37. The van der Waals surface area contributed by atoms with Crippen LogP contribution in [0.5, 0.6) is 0 Å². The van der Waals surface area contributed by atoms with E-state index >= 15 is 0 Å². The molecular weight excluding hydrogens is 352 g/mol. The highest BCUT2D eigenvalue weighted by atomic mass is 16.3. The average Bonchev–Trinajstić information content (AvgIpc) is 3.02. The molecular formula is C22H26N4O2. The van der Waals surface area contributed by atoms with E-state index in [2.05, 4.69) is 28.3 Å². The highest BCUT2D eigenvalue weighted by Gasteiger charge is 2.23. The van der Waals surface area contributed by atoms with E-state index in [0.29, 0.717) is 6.04 Å². The number of hydrogen-bond donors (Lipinski definition) is 1. The molecule has 0 saturated carbocycles. The van der Waals surface area contributed by atoms with Crippen molar-refractivity contribution in [3.8, 4) is 0 Å². The van der Waals surface area contributed by atoms with Crippen LogP contribution >= 0.6 is 0 Å². The van der Waals surface area contributed by atoms with Gasteiger partial charge in [-0.15, -0.1) is 0 Å². The number of anilines is 1. The second-order valence-corrected chi connectivity index (χ2v) is 7.41. The van der Waals surface area contributed by atoms with Crippen LogP contribution in [-0.4, -0.2) is 47.0 Å². The SMILES string of the molecule is CN(Cc1ccccn1)C1CCCN(C(=O)Nc2ccc3ccoc3c2)CC1. The summed E-state index contributed by atoms with van der Waals surface area (Å²) in [5.41, 5.74) is 2.63. The van der Waals surface area contributed by atoms with Crippen LogP contribution < -0.4 is 5.32 Å². The maximum absolute atomic E-state index is 12.7. The molecule has 2 aromatic heterocycles. The van der Waals surface area contributed by atoms with E-state index < -0.39 is 0 Å². The lowest BCUT2D eigenvalue weighted by Gasteiger charge is -2.27. The Balaban J connectivity index is 1.33. The Kier molecular flexibility index (Phi) is 5.58. The molecule has 0 spiro atoms. The predicted octanol–water partition coefficient (Wildman–Crippen LogP) is 4.35. The third-order valence-corrected chi connectivity index (χ3v) is 5.45. The van der Waals surface area contributed by atoms with Crippen LogP contribution in [0, 0.1) is 0 Å². The second kappa shape index (κ2) is 8.44. The largest absolute Gasteiger partial charge is 0.464 e. The van der Waals surface area contributed by atoms with E-state index in [1.165, 1.54) is 0 Å². The number of rotatable bonds is 4. The zero-order valence-corrected chi connectivity index (χ0v) is 16.2. The first-order valence-electron chi connectivity index (χ1n) is 9.82. The Labute approximate surface area is 165 Å². The maximum atomic E-state index is 12.7. The highest BCUT2D eigenvalue weighted by Crippen LogP contribution is 2.22. The number of nitrogens with zero attached hydrogens (tertiary/aromatic N) is 3. The molecule has 1 aliphatic rings. The molecule has 1 N–H and O–H groups in total. The van der Waals surface area contributed by atoms with E-state index in [1.54, 1.807) is 6.26 Å². The molecule has 0 bridgehead atoms. The van der Waals surface area contributed by atoms with Gasteiger partial charge >= 0.3 is 6.03 Å². The van der Waals surface area contributed by atoms with Crippen molar-refractivity contribution in [2.75, 3.05) is 25.5 Å². The Morgan fingerprint density at radius 1 is 1.25 bits per heavy atom. The van der Waals surface area contributed by atoms with Crippen molar-refractivity contribution >= 4 is 22.7 Å². The summed E-state index contributed by atoms with van der Waals surface area (Å²) in [6, 6.07) is 14.1. The molecule has 2 amide bonds. The number of pyridine rings is 1. The van der Waals surface area contributed by atoms with Crippen LogP contribution in [0.2, 0.25) is 0 Å². The molecule has 6 heteroatoms. The topological polar surface area (TPSA) is 61.6 Å². The monoisotopic (exact) mass is 378 g/mol. The van der Waals surface area contributed by atoms with E-state index in [9.17, 15) is 4.79 Å². The van der Waals surface area contributed by atoms with Gasteiger partial charge in [0, 0.05) is 49.0 Å². The number of carbonyl (C=O) groups is 1. The minimum Gasteiger partial charge on any atom is -0.464 e. The van der Waals surface area contributed by atoms with Gasteiger partial charge in [0.2, 0.25) is 0 Å². The van der Waals surface area contributed by atoms with Gasteiger partial charge in [-0.1, -0.05) is 6.07 Å². The number of nitrogens with one attached hydrogen (secondary N) is 1. The van der Waals surface area contributed by atoms with Crippen LogP contribution in [0.3, 0.4) is 0 Å². The van der Waals surface area contributed by atoms with E-state index in [4.69, 9.17) is 4.42 Å². The van der Waals surface area contributed by atoms with Crippen LogP contribution in [0.4, 0.5) is 10.5 Å². The summed E-state index contributed by atoms with van der Waals surface area (Å²) < 4.78 is 5.42. The molecule has 28 heavy (non-hydrogen) atoms. The Bertz CT molecular complexity index is 924. The van der Waals surface area contributed by atoms with Crippen molar-refractivity contribution in [1.82, 2.24) is 14.8 Å². The fraction of sp³-hybridized carbons (Fsp3) is 0.364. The number of furan rings is 1. The first-order chi connectivity index (χ1) is 13.7. The number of amides is 2. The number of aromatic nitrogens is 1. The third-order valence-electron chi connectivity index (χ3n) is 5.45. The molecule has 0 aliphatic carbocycles. The Morgan fingerprint density at radius 3 is 3.04 bits per heavy atom. The average molecular weight is 378 g/mol. The summed E-state index contributed by atoms with van der Waals surface area (Å²) in [7, 11) is 2.15. The fourth-order valence-corrected chi connectivity index (χ4v) is 3.83. The van der Waals surface area contributed by atoms with Gasteiger partial charge in [0.15, 0.2) is 0 Å². The van der Waals surface area contributed by atoms with Crippen molar-refractivity contribution < 1.29 is 9.21 Å². The maximum Gasteiger partial charge on any atom is 0.321 e. The third kappa shape index (κ3) is 4.34. The molecule has 4 rings (SSSR count). The minimum atomic E-state index is -0.0427. The quantitative estimate of drug-likeness (QED) is 0.733. The van der Waals surface area contributed by atoms with Gasteiger partial charge in [-0.25, -0.2) is 4.79 Å². The molecule has 1 atom stereocenters. The standard InChI is InChI=1S/C22H26N4O2/c1-25(16-19-5-2-3-11-23-19)20-6-4-12-26(13-9-20)22(27)24-18-8-7-17-10-14-28-21(17)15-18/h2-3,5,7-8,10-11,14-15,20H,4,6,9,12-13,16H2,1H3,(H,24,27). The number of hydrogen-bond acceptors (Lipinski definition) is 4. The van der Waals surface area contributed by atoms with Crippen molar-refractivity contribution in [2.45, 2.75) is 31.8 Å². The predicted molar refractivity (Wildman–Crippen MR) is 110 cm³/mol. The first-order valence-corrected chi connectivity index (χ1v) is 9.82. The van der Waals surface area contributed by atoms with Gasteiger partial charge in [-0.05, 0) is 56.6 Å². The lowest BCUT2D eigenvalue weighted by atomic mass is 10.1. The minimum absolute atomic E-state index is 0.0427. The number of benzene rings is 1. The van der Waals surface area contributed by atoms with Gasteiger partial charge in [-0.2, -0.15) is 0 Å². The fourth-order valence-electron chi connectivity index (χ4n) is 3.83. The molecule has 3 aromatic rings. The summed E-state index contributed by atoms with van der Waals surface area (Å²) in [5, 5.41) is 4.04. The molecule has 146 valence electrons. The van der Waals surface area contributed by atoms with E-state index in [0.717, 1.165) is 61.2 Å². The molecule has 0 radical (unpaired) electrons. The van der Waals surface area contributed by atoms with Crippen molar-refractivity contribution in [1.29, 1.82) is 0 Å². The smallest absolute Gasteiger partial charge is 0.321 e. The molecule has 1 aromatic carbocycles. The Hall–Kier alpha value is -2.86. The van der Waals surface area contributed by atoms with Crippen LogP contribution in [0.25, 0.3) is 11.0 Å². The van der Waals surface area contributed by atoms with Gasteiger partial charge in [-0.3, -0.25) is 9.88 Å².